The molecule has 8 nitrogen and oxygen atoms in total. The highest BCUT2D eigenvalue weighted by Gasteiger charge is 2.37. The third-order valence-corrected chi connectivity index (χ3v) is 9.57. The van der Waals surface area contributed by atoms with E-state index in [0.29, 0.717) is 29.5 Å². The maximum atomic E-state index is 11.3. The highest BCUT2D eigenvalue weighted by Crippen LogP contribution is 2.38. The van der Waals surface area contributed by atoms with Crippen molar-refractivity contribution in [3.8, 4) is 28.3 Å². The number of benzene rings is 2. The Kier molecular flexibility index (Phi) is 7.15. The third-order valence-electron chi connectivity index (χ3n) is 9.57. The van der Waals surface area contributed by atoms with Crippen molar-refractivity contribution >= 4 is 23.0 Å². The van der Waals surface area contributed by atoms with Crippen molar-refractivity contribution in [2.45, 2.75) is 44.6 Å². The van der Waals surface area contributed by atoms with Crippen LogP contribution in [0.5, 0.6) is 0 Å². The van der Waals surface area contributed by atoms with Gasteiger partial charge >= 0.3 is 5.97 Å². The van der Waals surface area contributed by atoms with Crippen molar-refractivity contribution < 1.29 is 9.90 Å². The molecule has 3 aromatic heterocycles. The van der Waals surface area contributed by atoms with Gasteiger partial charge in [-0.1, -0.05) is 42.5 Å². The van der Waals surface area contributed by atoms with Gasteiger partial charge in [0, 0.05) is 42.5 Å². The number of hydrogen-bond donors (Lipinski definition) is 2. The van der Waals surface area contributed by atoms with Crippen LogP contribution in [0.2, 0.25) is 0 Å². The zero-order chi connectivity index (χ0) is 29.5. The summed E-state index contributed by atoms with van der Waals surface area (Å²) in [4.78, 5) is 28.3. The summed E-state index contributed by atoms with van der Waals surface area (Å²) < 4.78 is 2.08. The third kappa shape index (κ3) is 5.16. The van der Waals surface area contributed by atoms with Gasteiger partial charge in [-0.3, -0.25) is 14.3 Å². The molecule has 2 aromatic carbocycles. The van der Waals surface area contributed by atoms with Crippen LogP contribution in [-0.2, 0) is 4.79 Å². The van der Waals surface area contributed by atoms with E-state index >= 15 is 0 Å². The Hall–Kier alpha value is -4.56. The molecule has 2 aliphatic rings. The Bertz CT molecular complexity index is 1750. The number of aromatic nitrogens is 4. The quantitative estimate of drug-likeness (QED) is 0.232. The first-order chi connectivity index (χ1) is 21.0. The molecule has 1 aliphatic carbocycles. The maximum Gasteiger partial charge on any atom is 0.306 e. The van der Waals surface area contributed by atoms with E-state index in [1.165, 1.54) is 5.56 Å². The number of nitrogens with zero attached hydrogens (tertiary/aromatic N) is 5. The van der Waals surface area contributed by atoms with Crippen molar-refractivity contribution in [3.05, 3.63) is 90.6 Å². The average molecular weight is 573 g/mol. The van der Waals surface area contributed by atoms with E-state index in [1.54, 1.807) is 6.20 Å². The number of nitrogen functional groups attached to an aromatic ring is 1. The summed E-state index contributed by atoms with van der Waals surface area (Å²) in [6.07, 6.45) is 5.32. The highest BCUT2D eigenvalue weighted by molar-refractivity contribution is 5.84. The largest absolute Gasteiger partial charge is 0.481 e. The number of carboxylic acid groups (broad SMARTS) is 1. The van der Waals surface area contributed by atoms with Crippen LogP contribution in [0, 0.1) is 11.8 Å². The second kappa shape index (κ2) is 11.3. The summed E-state index contributed by atoms with van der Waals surface area (Å²) in [5.41, 5.74) is 12.9. The minimum absolute atomic E-state index is 0.158. The molecule has 0 radical (unpaired) electrons. The molecule has 43 heavy (non-hydrogen) atoms. The number of likely N-dealkylation sites (tertiary alicyclic amines) is 1. The van der Waals surface area contributed by atoms with Gasteiger partial charge in [0.2, 0.25) is 0 Å². The second-order valence-electron chi connectivity index (χ2n) is 12.0. The summed E-state index contributed by atoms with van der Waals surface area (Å²) in [7, 11) is 0. The van der Waals surface area contributed by atoms with Crippen molar-refractivity contribution in [1.82, 2.24) is 24.4 Å². The van der Waals surface area contributed by atoms with E-state index < -0.39 is 5.97 Å². The molecule has 0 unspecified atom stereocenters. The number of anilines is 1. The molecule has 5 aromatic rings. The van der Waals surface area contributed by atoms with E-state index in [2.05, 4.69) is 57.8 Å². The lowest BCUT2D eigenvalue weighted by atomic mass is 9.77. The van der Waals surface area contributed by atoms with E-state index in [4.69, 9.17) is 15.7 Å². The van der Waals surface area contributed by atoms with Gasteiger partial charge in [0.1, 0.15) is 11.3 Å². The standard InChI is InChI=1S/C35H36N6O2/c1-22(23-9-11-26(12-10-23)35(42)43)40-20-27(21-40)24-13-15-28(16-14-24)41-33(29-8-5-19-37-32(29)36)39-31-18-17-30(38-34(31)41)25-6-3-2-4-7-25/h2-8,13-19,22-23,26-27H,9-12,20-21H2,1H3,(H2,36,37)(H,42,43)/t22-,23?,26?/m1/s1. The minimum atomic E-state index is -0.634. The van der Waals surface area contributed by atoms with Gasteiger partial charge in [-0.15, -0.1) is 0 Å². The van der Waals surface area contributed by atoms with Gasteiger partial charge in [-0.05, 0) is 80.5 Å². The lowest BCUT2D eigenvalue weighted by Gasteiger charge is -2.47. The maximum absolute atomic E-state index is 11.3. The molecule has 0 bridgehead atoms. The van der Waals surface area contributed by atoms with Crippen LogP contribution < -0.4 is 5.73 Å². The SMILES string of the molecule is C[C@H](C1CCC(C(=O)O)CC1)N1CC(c2ccc(-n3c(-c4cccnc4N)nc4ccc(-c5ccccc5)nc43)cc2)C1. The first-order valence-corrected chi connectivity index (χ1v) is 15.2. The van der Waals surface area contributed by atoms with Crippen LogP contribution in [-0.4, -0.2) is 54.6 Å². The van der Waals surface area contributed by atoms with Gasteiger partial charge in [0.15, 0.2) is 11.5 Å². The van der Waals surface area contributed by atoms with Gasteiger partial charge in [-0.25, -0.2) is 15.0 Å². The summed E-state index contributed by atoms with van der Waals surface area (Å²) in [5, 5.41) is 9.34. The lowest BCUT2D eigenvalue weighted by Crippen LogP contribution is -2.52. The first kappa shape index (κ1) is 27.3. The second-order valence-corrected chi connectivity index (χ2v) is 12.0. The number of pyridine rings is 2. The molecule has 1 aliphatic heterocycles. The van der Waals surface area contributed by atoms with Gasteiger partial charge in [0.25, 0.3) is 0 Å². The number of carbonyl (C=O) groups is 1. The van der Waals surface area contributed by atoms with E-state index in [-0.39, 0.29) is 5.92 Å². The summed E-state index contributed by atoms with van der Waals surface area (Å²) in [6.45, 7) is 4.39. The van der Waals surface area contributed by atoms with E-state index in [9.17, 15) is 9.90 Å². The van der Waals surface area contributed by atoms with E-state index in [1.807, 2.05) is 42.5 Å². The van der Waals surface area contributed by atoms with Crippen LogP contribution in [0.1, 0.15) is 44.1 Å². The Morgan fingerprint density at radius 3 is 2.35 bits per heavy atom. The fraction of sp³-hybridized carbons (Fsp3) is 0.314. The predicted molar refractivity (Wildman–Crippen MR) is 169 cm³/mol. The molecular formula is C35H36N6O2. The molecule has 8 heteroatoms. The van der Waals surface area contributed by atoms with Crippen molar-refractivity contribution in [2.75, 3.05) is 18.8 Å². The number of rotatable bonds is 7. The summed E-state index contributed by atoms with van der Waals surface area (Å²) in [6, 6.07) is 27.3. The zero-order valence-electron chi connectivity index (χ0n) is 24.3. The molecule has 2 fully saturated rings. The van der Waals surface area contributed by atoms with Gasteiger partial charge in [0.05, 0.1) is 17.2 Å². The fourth-order valence-corrected chi connectivity index (χ4v) is 6.86. The smallest absolute Gasteiger partial charge is 0.306 e. The summed E-state index contributed by atoms with van der Waals surface area (Å²) in [5.74, 6) is 1.42. The normalized spacial score (nSPS) is 20.1. The fourth-order valence-electron chi connectivity index (χ4n) is 6.86. The molecule has 1 atom stereocenters. The molecule has 0 amide bonds. The molecule has 7 rings (SSSR count). The Morgan fingerprint density at radius 2 is 1.65 bits per heavy atom. The van der Waals surface area contributed by atoms with Crippen molar-refractivity contribution in [2.24, 2.45) is 11.8 Å². The highest BCUT2D eigenvalue weighted by atomic mass is 16.4. The van der Waals surface area contributed by atoms with Crippen LogP contribution >= 0.6 is 0 Å². The predicted octanol–water partition coefficient (Wildman–Crippen LogP) is 6.41. The minimum Gasteiger partial charge on any atom is -0.481 e. The Labute approximate surface area is 251 Å². The molecule has 1 saturated carbocycles. The molecule has 3 N–H and O–H groups in total. The molecular weight excluding hydrogens is 536 g/mol. The van der Waals surface area contributed by atoms with Crippen molar-refractivity contribution in [3.63, 3.8) is 0 Å². The van der Waals surface area contributed by atoms with Gasteiger partial charge < -0.3 is 10.8 Å². The molecule has 1 saturated heterocycles. The summed E-state index contributed by atoms with van der Waals surface area (Å²) >= 11 is 0. The zero-order valence-corrected chi connectivity index (χ0v) is 24.3. The van der Waals surface area contributed by atoms with Crippen LogP contribution in [0.4, 0.5) is 5.82 Å². The topological polar surface area (TPSA) is 110 Å². The number of hydrogen-bond acceptors (Lipinski definition) is 6. The lowest BCUT2D eigenvalue weighted by molar-refractivity contribution is -0.143. The average Bonchev–Trinajstić information content (AvgIpc) is 3.40. The van der Waals surface area contributed by atoms with Crippen LogP contribution in [0.25, 0.3) is 39.5 Å². The Balaban J connectivity index is 1.15. The monoisotopic (exact) mass is 572 g/mol. The molecule has 4 heterocycles. The Morgan fingerprint density at radius 1 is 0.907 bits per heavy atom. The first-order valence-electron chi connectivity index (χ1n) is 15.2. The van der Waals surface area contributed by atoms with E-state index in [0.717, 1.165) is 72.4 Å². The van der Waals surface area contributed by atoms with Gasteiger partial charge in [-0.2, -0.15) is 0 Å². The number of fused-ring (bicyclic) bond motifs is 1. The van der Waals surface area contributed by atoms with Crippen LogP contribution in [0.3, 0.4) is 0 Å². The molecule has 218 valence electrons. The number of imidazole rings is 1. The molecule has 0 spiro atoms. The number of carboxylic acids is 1. The van der Waals surface area contributed by atoms with Crippen molar-refractivity contribution in [1.29, 1.82) is 0 Å². The van der Waals surface area contributed by atoms with Crippen LogP contribution in [0.15, 0.2) is 85.1 Å². The number of aliphatic carboxylic acids is 1. The number of nitrogens with two attached hydrogens (primary N) is 1.